The maximum atomic E-state index is 12.0. The zero-order valence-corrected chi connectivity index (χ0v) is 10.2. The van der Waals surface area contributed by atoms with Crippen molar-refractivity contribution in [3.63, 3.8) is 0 Å². The minimum atomic E-state index is -0.434. The summed E-state index contributed by atoms with van der Waals surface area (Å²) in [6, 6.07) is 18.9. The Kier molecular flexibility index (Phi) is 2.88. The second-order valence-corrected chi connectivity index (χ2v) is 4.63. The molecule has 94 valence electrons. The van der Waals surface area contributed by atoms with E-state index in [0.717, 1.165) is 11.1 Å². The fourth-order valence-corrected chi connectivity index (χ4v) is 2.59. The molecule has 1 fully saturated rings. The third-order valence-corrected chi connectivity index (χ3v) is 3.46. The maximum absolute atomic E-state index is 12.0. The molecule has 0 unspecified atom stereocenters. The molecule has 0 aromatic heterocycles. The Labute approximate surface area is 111 Å². The number of amides is 2. The van der Waals surface area contributed by atoms with Crippen molar-refractivity contribution < 1.29 is 9.59 Å². The highest BCUT2D eigenvalue weighted by atomic mass is 16.2. The van der Waals surface area contributed by atoms with E-state index in [2.05, 4.69) is 5.32 Å². The third-order valence-electron chi connectivity index (χ3n) is 3.46. The van der Waals surface area contributed by atoms with E-state index in [1.54, 1.807) is 0 Å². The molecule has 3 heteroatoms. The number of rotatable bonds is 2. The predicted octanol–water partition coefficient (Wildman–Crippen LogP) is 2.21. The van der Waals surface area contributed by atoms with Gasteiger partial charge in [0.2, 0.25) is 11.8 Å². The normalized spacial score (nSPS) is 22.3. The first-order valence-electron chi connectivity index (χ1n) is 6.22. The molecule has 3 rings (SSSR count). The summed E-state index contributed by atoms with van der Waals surface area (Å²) in [6.07, 6.45) is 0. The average molecular weight is 251 g/mol. The quantitative estimate of drug-likeness (QED) is 0.832. The smallest absolute Gasteiger partial charge is 0.235 e. The summed E-state index contributed by atoms with van der Waals surface area (Å²) in [7, 11) is 0. The molecule has 0 saturated carbocycles. The maximum Gasteiger partial charge on any atom is 0.235 e. The van der Waals surface area contributed by atoms with Gasteiger partial charge in [-0.05, 0) is 11.1 Å². The van der Waals surface area contributed by atoms with Crippen molar-refractivity contribution in [1.29, 1.82) is 0 Å². The number of hydrogen-bond acceptors (Lipinski definition) is 2. The number of imide groups is 1. The lowest BCUT2D eigenvalue weighted by atomic mass is 9.83. The van der Waals surface area contributed by atoms with Crippen molar-refractivity contribution >= 4 is 11.8 Å². The number of nitrogens with one attached hydrogen (secondary N) is 1. The molecule has 2 aromatic carbocycles. The summed E-state index contributed by atoms with van der Waals surface area (Å²) in [5.74, 6) is -1.30. The largest absolute Gasteiger partial charge is 0.295 e. The molecule has 0 aliphatic carbocycles. The lowest BCUT2D eigenvalue weighted by Crippen LogP contribution is -2.21. The minimum absolute atomic E-state index is 0.218. The standard InChI is InChI=1S/C16H13NO2/c18-15-13(11-7-3-1-4-8-11)14(16(19)17-15)12-9-5-2-6-10-12/h1-10,13-14H,(H,17,18,19)/t13-,14+. The molecule has 1 N–H and O–H groups in total. The summed E-state index contributed by atoms with van der Waals surface area (Å²) < 4.78 is 0. The predicted molar refractivity (Wildman–Crippen MR) is 71.5 cm³/mol. The molecule has 1 aliphatic heterocycles. The highest BCUT2D eigenvalue weighted by Crippen LogP contribution is 2.37. The topological polar surface area (TPSA) is 46.2 Å². The average Bonchev–Trinajstić information content (AvgIpc) is 2.75. The highest BCUT2D eigenvalue weighted by molar-refractivity contribution is 6.10. The van der Waals surface area contributed by atoms with Gasteiger partial charge in [-0.15, -0.1) is 0 Å². The van der Waals surface area contributed by atoms with E-state index >= 15 is 0 Å². The van der Waals surface area contributed by atoms with Crippen LogP contribution in [-0.4, -0.2) is 11.8 Å². The van der Waals surface area contributed by atoms with Crippen LogP contribution < -0.4 is 5.32 Å². The first-order valence-corrected chi connectivity index (χ1v) is 6.22. The van der Waals surface area contributed by atoms with E-state index in [-0.39, 0.29) is 11.8 Å². The highest BCUT2D eigenvalue weighted by Gasteiger charge is 2.43. The van der Waals surface area contributed by atoms with Crippen LogP contribution in [0, 0.1) is 0 Å². The van der Waals surface area contributed by atoms with Gasteiger partial charge in [0, 0.05) is 0 Å². The van der Waals surface area contributed by atoms with Crippen LogP contribution in [0.25, 0.3) is 0 Å². The van der Waals surface area contributed by atoms with Gasteiger partial charge in [-0.1, -0.05) is 60.7 Å². The first kappa shape index (κ1) is 11.7. The molecule has 2 aromatic rings. The molecule has 1 saturated heterocycles. The van der Waals surface area contributed by atoms with Gasteiger partial charge in [-0.25, -0.2) is 0 Å². The minimum Gasteiger partial charge on any atom is -0.295 e. The van der Waals surface area contributed by atoms with Gasteiger partial charge < -0.3 is 0 Å². The molecule has 3 nitrogen and oxygen atoms in total. The fraction of sp³-hybridized carbons (Fsp3) is 0.125. The first-order chi connectivity index (χ1) is 9.27. The van der Waals surface area contributed by atoms with E-state index < -0.39 is 11.8 Å². The molecule has 0 bridgehead atoms. The lowest BCUT2D eigenvalue weighted by Gasteiger charge is -2.15. The van der Waals surface area contributed by atoms with E-state index in [9.17, 15) is 9.59 Å². The van der Waals surface area contributed by atoms with Gasteiger partial charge in [0.25, 0.3) is 0 Å². The molecule has 0 radical (unpaired) electrons. The van der Waals surface area contributed by atoms with E-state index in [1.165, 1.54) is 0 Å². The Hall–Kier alpha value is -2.42. The van der Waals surface area contributed by atoms with E-state index in [0.29, 0.717) is 0 Å². The molecule has 2 atom stereocenters. The van der Waals surface area contributed by atoms with Crippen LogP contribution in [0.4, 0.5) is 0 Å². The van der Waals surface area contributed by atoms with Gasteiger partial charge in [0.15, 0.2) is 0 Å². The van der Waals surface area contributed by atoms with Gasteiger partial charge >= 0.3 is 0 Å². The van der Waals surface area contributed by atoms with Crippen molar-refractivity contribution in [2.75, 3.05) is 0 Å². The Morgan fingerprint density at radius 1 is 0.632 bits per heavy atom. The van der Waals surface area contributed by atoms with E-state index in [1.807, 2.05) is 60.7 Å². The Bertz CT molecular complexity index is 552. The Balaban J connectivity index is 2.06. The van der Waals surface area contributed by atoms with Crippen LogP contribution >= 0.6 is 0 Å². The van der Waals surface area contributed by atoms with Crippen molar-refractivity contribution in [3.05, 3.63) is 71.8 Å². The zero-order valence-electron chi connectivity index (χ0n) is 10.2. The fourth-order valence-electron chi connectivity index (χ4n) is 2.59. The van der Waals surface area contributed by atoms with Gasteiger partial charge in [0.05, 0.1) is 11.8 Å². The molecule has 19 heavy (non-hydrogen) atoms. The van der Waals surface area contributed by atoms with Crippen molar-refractivity contribution in [3.8, 4) is 0 Å². The SMILES string of the molecule is O=C1NC(=O)[C@@H](c2ccccc2)[C@H]1c1ccccc1. The monoisotopic (exact) mass is 251 g/mol. The number of benzene rings is 2. The Morgan fingerprint density at radius 3 is 1.37 bits per heavy atom. The molecule has 1 aliphatic rings. The van der Waals surface area contributed by atoms with Crippen LogP contribution in [0.15, 0.2) is 60.7 Å². The molecule has 0 spiro atoms. The second-order valence-electron chi connectivity index (χ2n) is 4.63. The zero-order chi connectivity index (χ0) is 13.2. The van der Waals surface area contributed by atoms with Crippen LogP contribution in [-0.2, 0) is 9.59 Å². The second kappa shape index (κ2) is 4.69. The summed E-state index contributed by atoms with van der Waals surface area (Å²) in [4.78, 5) is 24.1. The summed E-state index contributed by atoms with van der Waals surface area (Å²) >= 11 is 0. The number of carbonyl (C=O) groups is 2. The van der Waals surface area contributed by atoms with E-state index in [4.69, 9.17) is 0 Å². The summed E-state index contributed by atoms with van der Waals surface area (Å²) in [5.41, 5.74) is 1.75. The molecule has 2 amide bonds. The third kappa shape index (κ3) is 2.03. The summed E-state index contributed by atoms with van der Waals surface area (Å²) in [5, 5.41) is 2.44. The molecule has 1 heterocycles. The van der Waals surface area contributed by atoms with Crippen molar-refractivity contribution in [1.82, 2.24) is 5.32 Å². The molecular formula is C16H13NO2. The number of carbonyl (C=O) groups excluding carboxylic acids is 2. The summed E-state index contributed by atoms with van der Waals surface area (Å²) in [6.45, 7) is 0. The number of hydrogen-bond donors (Lipinski definition) is 1. The van der Waals surface area contributed by atoms with Crippen LogP contribution in [0.5, 0.6) is 0 Å². The molecular weight excluding hydrogens is 238 g/mol. The lowest BCUT2D eigenvalue weighted by molar-refractivity contribution is -0.125. The van der Waals surface area contributed by atoms with Crippen LogP contribution in [0.2, 0.25) is 0 Å². The van der Waals surface area contributed by atoms with Gasteiger partial charge in [0.1, 0.15) is 0 Å². The Morgan fingerprint density at radius 2 is 1.00 bits per heavy atom. The van der Waals surface area contributed by atoms with Gasteiger partial charge in [-0.2, -0.15) is 0 Å². The van der Waals surface area contributed by atoms with Crippen LogP contribution in [0.1, 0.15) is 23.0 Å². The van der Waals surface area contributed by atoms with Crippen molar-refractivity contribution in [2.24, 2.45) is 0 Å². The van der Waals surface area contributed by atoms with Gasteiger partial charge in [-0.3, -0.25) is 14.9 Å². The van der Waals surface area contributed by atoms with Crippen LogP contribution in [0.3, 0.4) is 0 Å². The van der Waals surface area contributed by atoms with Crippen molar-refractivity contribution in [2.45, 2.75) is 11.8 Å².